The Labute approximate surface area is 197 Å². The van der Waals surface area contributed by atoms with E-state index in [1.54, 1.807) is 24.3 Å². The highest BCUT2D eigenvalue weighted by Crippen LogP contribution is 2.36. The van der Waals surface area contributed by atoms with E-state index in [0.29, 0.717) is 22.7 Å². The molecular weight excluding hydrogens is 493 g/mol. The lowest BCUT2D eigenvalue weighted by molar-refractivity contribution is 0.0472. The molecule has 1 aliphatic rings. The van der Waals surface area contributed by atoms with Crippen LogP contribution in [-0.2, 0) is 27.9 Å². The molecule has 1 saturated carbocycles. The molecule has 3 aromatic carbocycles. The van der Waals surface area contributed by atoms with Gasteiger partial charge in [0.1, 0.15) is 6.61 Å². The SMILES string of the molecule is O=C(OCc1ccccc1)c1ccc(CN(C2CC2)S(=O)(=O)c2c(F)c(F)c(F)c(F)c2F)cc1. The van der Waals surface area contributed by atoms with Crippen LogP contribution in [0.3, 0.4) is 0 Å². The highest BCUT2D eigenvalue weighted by Gasteiger charge is 2.43. The minimum Gasteiger partial charge on any atom is -0.457 e. The molecule has 0 N–H and O–H groups in total. The van der Waals surface area contributed by atoms with Crippen molar-refractivity contribution in [2.75, 3.05) is 0 Å². The smallest absolute Gasteiger partial charge is 0.338 e. The average Bonchev–Trinajstić information content (AvgIpc) is 3.69. The van der Waals surface area contributed by atoms with Gasteiger partial charge in [0.2, 0.25) is 15.8 Å². The van der Waals surface area contributed by atoms with Gasteiger partial charge in [0.25, 0.3) is 0 Å². The van der Waals surface area contributed by atoms with Gasteiger partial charge in [0, 0.05) is 12.6 Å². The molecule has 1 fully saturated rings. The second kappa shape index (κ2) is 9.74. The Bertz CT molecular complexity index is 1330. The number of esters is 1. The number of rotatable bonds is 8. The molecule has 1 aliphatic carbocycles. The van der Waals surface area contributed by atoms with Crippen molar-refractivity contribution in [1.82, 2.24) is 4.31 Å². The van der Waals surface area contributed by atoms with E-state index in [9.17, 15) is 35.2 Å². The number of ether oxygens (including phenoxy) is 1. The van der Waals surface area contributed by atoms with Crippen molar-refractivity contribution < 1.29 is 39.9 Å². The molecule has 35 heavy (non-hydrogen) atoms. The molecule has 184 valence electrons. The average molecular weight is 511 g/mol. The molecule has 0 atom stereocenters. The standard InChI is InChI=1S/C24H18F5NO4S/c25-18-19(26)21(28)23(22(29)20(18)27)35(32,33)30(17-10-11-17)12-14-6-8-16(9-7-14)24(31)34-13-15-4-2-1-3-5-15/h1-9,17H,10-13H2. The number of carbonyl (C=O) groups is 1. The minimum atomic E-state index is -5.08. The van der Waals surface area contributed by atoms with Crippen LogP contribution < -0.4 is 0 Å². The van der Waals surface area contributed by atoms with Gasteiger partial charge in [-0.1, -0.05) is 42.5 Å². The first kappa shape index (κ1) is 24.8. The molecular formula is C24H18F5NO4S. The monoisotopic (exact) mass is 511 g/mol. The van der Waals surface area contributed by atoms with Crippen molar-refractivity contribution in [2.45, 2.75) is 36.9 Å². The van der Waals surface area contributed by atoms with Gasteiger partial charge in [-0.05, 0) is 36.1 Å². The Morgan fingerprint density at radius 2 is 1.34 bits per heavy atom. The maximum absolute atomic E-state index is 14.2. The fraction of sp³-hybridized carbons (Fsp3) is 0.208. The van der Waals surface area contributed by atoms with Crippen molar-refractivity contribution in [3.8, 4) is 0 Å². The zero-order valence-corrected chi connectivity index (χ0v) is 18.8. The van der Waals surface area contributed by atoms with Gasteiger partial charge >= 0.3 is 5.97 Å². The van der Waals surface area contributed by atoms with Crippen LogP contribution in [0.5, 0.6) is 0 Å². The summed E-state index contributed by atoms with van der Waals surface area (Å²) in [6.07, 6.45) is 0.719. The second-order valence-corrected chi connectivity index (χ2v) is 9.77. The molecule has 0 amide bonds. The van der Waals surface area contributed by atoms with Crippen LogP contribution >= 0.6 is 0 Å². The number of halogens is 5. The Balaban J connectivity index is 1.54. The first-order valence-electron chi connectivity index (χ1n) is 10.4. The molecule has 3 aromatic rings. The van der Waals surface area contributed by atoms with Gasteiger partial charge in [-0.3, -0.25) is 0 Å². The van der Waals surface area contributed by atoms with Gasteiger partial charge in [-0.15, -0.1) is 0 Å². The maximum atomic E-state index is 14.2. The molecule has 11 heteroatoms. The summed E-state index contributed by atoms with van der Waals surface area (Å²) >= 11 is 0. The van der Waals surface area contributed by atoms with E-state index in [1.165, 1.54) is 24.3 Å². The largest absolute Gasteiger partial charge is 0.457 e. The Kier molecular flexibility index (Phi) is 6.91. The van der Waals surface area contributed by atoms with Crippen molar-refractivity contribution in [3.63, 3.8) is 0 Å². The Hall–Kier alpha value is -3.31. The molecule has 0 heterocycles. The molecule has 4 rings (SSSR count). The van der Waals surface area contributed by atoms with E-state index in [2.05, 4.69) is 0 Å². The summed E-state index contributed by atoms with van der Waals surface area (Å²) in [4.78, 5) is 10.4. The number of nitrogens with zero attached hydrogens (tertiary/aromatic N) is 1. The predicted octanol–water partition coefficient (Wildman–Crippen LogP) is 5.09. The summed E-state index contributed by atoms with van der Waals surface area (Å²) in [5.41, 5.74) is 1.31. The molecule has 0 unspecified atom stereocenters. The van der Waals surface area contributed by atoms with Gasteiger partial charge < -0.3 is 4.74 Å². The van der Waals surface area contributed by atoms with E-state index in [1.807, 2.05) is 6.07 Å². The summed E-state index contributed by atoms with van der Waals surface area (Å²) in [7, 11) is -5.08. The number of benzene rings is 3. The summed E-state index contributed by atoms with van der Waals surface area (Å²) in [6, 6.07) is 13.9. The quantitative estimate of drug-likeness (QED) is 0.183. The zero-order valence-electron chi connectivity index (χ0n) is 18.0. The van der Waals surface area contributed by atoms with Gasteiger partial charge in [0.05, 0.1) is 5.56 Å². The summed E-state index contributed by atoms with van der Waals surface area (Å²) < 4.78 is 101. The van der Waals surface area contributed by atoms with Crippen LogP contribution in [0.25, 0.3) is 0 Å². The molecule has 0 aromatic heterocycles. The summed E-state index contributed by atoms with van der Waals surface area (Å²) in [6.45, 7) is -0.344. The van der Waals surface area contributed by atoms with Gasteiger partial charge in [-0.2, -0.15) is 4.31 Å². The van der Waals surface area contributed by atoms with E-state index >= 15 is 0 Å². The maximum Gasteiger partial charge on any atom is 0.338 e. The van der Waals surface area contributed by atoms with Crippen molar-refractivity contribution >= 4 is 16.0 Å². The first-order chi connectivity index (χ1) is 16.6. The van der Waals surface area contributed by atoms with Gasteiger partial charge in [0.15, 0.2) is 28.2 Å². The fourth-order valence-corrected chi connectivity index (χ4v) is 5.22. The van der Waals surface area contributed by atoms with Crippen molar-refractivity contribution in [3.05, 3.63) is 100 Å². The van der Waals surface area contributed by atoms with Crippen LogP contribution in [0, 0.1) is 29.1 Å². The third-order valence-electron chi connectivity index (χ3n) is 5.43. The second-order valence-electron chi connectivity index (χ2n) is 7.94. The van der Waals surface area contributed by atoms with Crippen LogP contribution in [0.15, 0.2) is 59.5 Å². The normalized spacial score (nSPS) is 13.8. The first-order valence-corrected chi connectivity index (χ1v) is 11.9. The highest BCUT2D eigenvalue weighted by atomic mass is 32.2. The third-order valence-corrected chi connectivity index (χ3v) is 7.35. The number of hydrogen-bond acceptors (Lipinski definition) is 4. The lowest BCUT2D eigenvalue weighted by Crippen LogP contribution is -2.34. The molecule has 5 nitrogen and oxygen atoms in total. The Morgan fingerprint density at radius 1 is 0.800 bits per heavy atom. The predicted molar refractivity (Wildman–Crippen MR) is 114 cm³/mol. The molecule has 0 saturated heterocycles. The van der Waals surface area contributed by atoms with Crippen LogP contribution in [0.2, 0.25) is 0 Å². The number of hydrogen-bond donors (Lipinski definition) is 0. The third kappa shape index (κ3) is 5.06. The molecule has 0 aliphatic heterocycles. The van der Waals surface area contributed by atoms with Crippen LogP contribution in [-0.4, -0.2) is 24.7 Å². The highest BCUT2D eigenvalue weighted by molar-refractivity contribution is 7.89. The number of sulfonamides is 1. The Morgan fingerprint density at radius 3 is 1.89 bits per heavy atom. The van der Waals surface area contributed by atoms with E-state index in [0.717, 1.165) is 5.56 Å². The molecule has 0 bridgehead atoms. The van der Waals surface area contributed by atoms with E-state index in [4.69, 9.17) is 4.74 Å². The van der Waals surface area contributed by atoms with Gasteiger partial charge in [-0.25, -0.2) is 35.2 Å². The zero-order chi connectivity index (χ0) is 25.3. The summed E-state index contributed by atoms with van der Waals surface area (Å²) in [5.74, 6) is -12.6. The lowest BCUT2D eigenvalue weighted by atomic mass is 10.1. The van der Waals surface area contributed by atoms with E-state index < -0.39 is 62.6 Å². The molecule has 0 radical (unpaired) electrons. The van der Waals surface area contributed by atoms with Crippen LogP contribution in [0.4, 0.5) is 22.0 Å². The topological polar surface area (TPSA) is 63.7 Å². The van der Waals surface area contributed by atoms with Crippen LogP contribution in [0.1, 0.15) is 34.3 Å². The minimum absolute atomic E-state index is 0.0526. The lowest BCUT2D eigenvalue weighted by Gasteiger charge is -2.23. The number of carbonyl (C=O) groups excluding carboxylic acids is 1. The van der Waals surface area contributed by atoms with Crippen molar-refractivity contribution in [2.24, 2.45) is 0 Å². The molecule has 0 spiro atoms. The van der Waals surface area contributed by atoms with E-state index in [-0.39, 0.29) is 12.2 Å². The fourth-order valence-electron chi connectivity index (χ4n) is 3.43. The summed E-state index contributed by atoms with van der Waals surface area (Å²) in [5, 5.41) is 0. The van der Waals surface area contributed by atoms with Crippen molar-refractivity contribution in [1.29, 1.82) is 0 Å².